The van der Waals surface area contributed by atoms with Gasteiger partial charge in [0.25, 0.3) is 0 Å². The fourth-order valence-electron chi connectivity index (χ4n) is 7.11. The second kappa shape index (κ2) is 12.6. The molecule has 8 bridgehead atoms. The van der Waals surface area contributed by atoms with E-state index in [9.17, 15) is 4.79 Å². The van der Waals surface area contributed by atoms with Gasteiger partial charge in [-0.05, 0) is 77.7 Å². The van der Waals surface area contributed by atoms with Crippen molar-refractivity contribution < 1.29 is 4.79 Å². The van der Waals surface area contributed by atoms with E-state index in [2.05, 4.69) is 131 Å². The Morgan fingerprint density at radius 2 is 0.686 bits per heavy atom. The largest absolute Gasteiger partial charge is 0.354 e. The van der Waals surface area contributed by atoms with Gasteiger partial charge in [0.1, 0.15) is 0 Å². The zero-order chi connectivity index (χ0) is 34.3. The van der Waals surface area contributed by atoms with Crippen LogP contribution in [0.3, 0.4) is 0 Å². The Morgan fingerprint density at radius 1 is 0.392 bits per heavy atom. The molecule has 0 spiro atoms. The summed E-state index contributed by atoms with van der Waals surface area (Å²) >= 11 is 0. The Hall–Kier alpha value is -6.85. The summed E-state index contributed by atoms with van der Waals surface area (Å²) in [4.78, 5) is 30.4. The third-order valence-electron chi connectivity index (χ3n) is 9.52. The van der Waals surface area contributed by atoms with Gasteiger partial charge in [0.2, 0.25) is 0 Å². The van der Waals surface area contributed by atoms with Gasteiger partial charge in [-0.3, -0.25) is 4.79 Å². The van der Waals surface area contributed by atoms with E-state index in [1.54, 1.807) is 6.92 Å². The third kappa shape index (κ3) is 5.51. The minimum atomic E-state index is 0.0316. The molecule has 2 aliphatic rings. The van der Waals surface area contributed by atoms with E-state index in [1.807, 2.05) is 42.5 Å². The van der Waals surface area contributed by atoms with Gasteiger partial charge >= 0.3 is 0 Å². The molecule has 5 heterocycles. The summed E-state index contributed by atoms with van der Waals surface area (Å²) in [5.74, 6) is 0.0316. The van der Waals surface area contributed by atoms with Crippen molar-refractivity contribution >= 4 is 52.2 Å². The number of nitrogens with zero attached hydrogens (tertiary/aromatic N) is 2. The molecular formula is C46H32N4O. The molecule has 0 fully saturated rings. The van der Waals surface area contributed by atoms with Crippen LogP contribution in [-0.4, -0.2) is 25.7 Å². The molecule has 5 heteroatoms. The minimum absolute atomic E-state index is 0.0316. The molecule has 2 aliphatic heterocycles. The molecule has 0 radical (unpaired) electrons. The molecule has 51 heavy (non-hydrogen) atoms. The first-order valence-electron chi connectivity index (χ1n) is 17.0. The van der Waals surface area contributed by atoms with Crippen molar-refractivity contribution in [2.45, 2.75) is 6.92 Å². The van der Waals surface area contributed by atoms with E-state index in [0.717, 1.165) is 89.4 Å². The molecule has 0 atom stereocenters. The average molecular weight is 657 g/mol. The summed E-state index contributed by atoms with van der Waals surface area (Å²) in [7, 11) is 0. The highest BCUT2D eigenvalue weighted by Gasteiger charge is 2.19. The molecule has 5 nitrogen and oxygen atoms in total. The number of aromatic nitrogens is 4. The quantitative estimate of drug-likeness (QED) is 0.181. The highest BCUT2D eigenvalue weighted by Crippen LogP contribution is 2.38. The van der Waals surface area contributed by atoms with Gasteiger partial charge in [-0.1, -0.05) is 115 Å². The van der Waals surface area contributed by atoms with Crippen molar-refractivity contribution in [2.24, 2.45) is 0 Å². The van der Waals surface area contributed by atoms with Crippen LogP contribution in [0.15, 0.2) is 140 Å². The van der Waals surface area contributed by atoms with Crippen LogP contribution in [-0.2, 0) is 0 Å². The normalized spacial score (nSPS) is 11.9. The lowest BCUT2D eigenvalue weighted by molar-refractivity contribution is 0.101. The predicted molar refractivity (Wildman–Crippen MR) is 211 cm³/mol. The van der Waals surface area contributed by atoms with E-state index in [4.69, 9.17) is 9.97 Å². The van der Waals surface area contributed by atoms with Crippen LogP contribution in [0, 0.1) is 0 Å². The summed E-state index contributed by atoms with van der Waals surface area (Å²) in [5, 5.41) is 0. The summed E-state index contributed by atoms with van der Waals surface area (Å²) < 4.78 is 0. The van der Waals surface area contributed by atoms with E-state index in [1.165, 1.54) is 0 Å². The lowest BCUT2D eigenvalue weighted by Crippen LogP contribution is -1.92. The van der Waals surface area contributed by atoms with Crippen LogP contribution < -0.4 is 0 Å². The molecule has 2 N–H and O–H groups in total. The second-order valence-electron chi connectivity index (χ2n) is 12.7. The number of rotatable bonds is 5. The number of benzene rings is 4. The monoisotopic (exact) mass is 656 g/mol. The molecule has 7 aromatic rings. The fraction of sp³-hybridized carbons (Fsp3) is 0.0217. The lowest BCUT2D eigenvalue weighted by Gasteiger charge is -2.07. The molecule has 9 rings (SSSR count). The Bertz CT molecular complexity index is 2650. The van der Waals surface area contributed by atoms with Crippen molar-refractivity contribution in [3.8, 4) is 44.5 Å². The Balaban J connectivity index is 1.46. The van der Waals surface area contributed by atoms with Gasteiger partial charge < -0.3 is 9.97 Å². The maximum Gasteiger partial charge on any atom is 0.159 e. The van der Waals surface area contributed by atoms with Crippen molar-refractivity contribution in [1.82, 2.24) is 19.9 Å². The topological polar surface area (TPSA) is 74.4 Å². The molecule has 0 unspecified atom stereocenters. The first kappa shape index (κ1) is 30.2. The number of H-pyrrole nitrogens is 2. The van der Waals surface area contributed by atoms with Gasteiger partial charge in [-0.25, -0.2) is 9.97 Å². The molecular weight excluding hydrogens is 625 g/mol. The van der Waals surface area contributed by atoms with Gasteiger partial charge in [0.05, 0.1) is 22.8 Å². The van der Waals surface area contributed by atoms with Crippen molar-refractivity contribution in [1.29, 1.82) is 0 Å². The fourth-order valence-corrected chi connectivity index (χ4v) is 7.11. The number of carbonyl (C=O) groups excluding carboxylic acids is 1. The lowest BCUT2D eigenvalue weighted by atomic mass is 10.0. The molecule has 3 aromatic heterocycles. The SMILES string of the molecule is CC(=O)c1ccc(-c2c3nc(c(-c4ccccc4)c4ccc([nH]4)c(-c4ccccc4)c4nc(c(-c5ccccc5)c5ccc2[nH]5)C=C4)C=C3)cc1. The summed E-state index contributed by atoms with van der Waals surface area (Å²) in [6, 6.07) is 47.5. The first-order chi connectivity index (χ1) is 25.1. The van der Waals surface area contributed by atoms with Gasteiger partial charge in [0, 0.05) is 49.9 Å². The zero-order valence-corrected chi connectivity index (χ0v) is 27.9. The Morgan fingerprint density at radius 3 is 0.980 bits per heavy atom. The molecule has 242 valence electrons. The number of hydrogen-bond donors (Lipinski definition) is 2. The number of ketones is 1. The minimum Gasteiger partial charge on any atom is -0.354 e. The van der Waals surface area contributed by atoms with Gasteiger partial charge in [-0.2, -0.15) is 0 Å². The van der Waals surface area contributed by atoms with Crippen LogP contribution in [0.2, 0.25) is 0 Å². The molecule has 4 aromatic carbocycles. The number of nitrogens with one attached hydrogen (secondary N) is 2. The number of aromatic amines is 2. The predicted octanol–water partition coefficient (Wildman–Crippen LogP) is 11.5. The number of Topliss-reactive ketones (excluding diaryl/α,β-unsaturated/α-hetero) is 1. The van der Waals surface area contributed by atoms with Crippen LogP contribution in [0.4, 0.5) is 0 Å². The number of carbonyl (C=O) groups is 1. The maximum atomic E-state index is 12.2. The third-order valence-corrected chi connectivity index (χ3v) is 9.52. The summed E-state index contributed by atoms with van der Waals surface area (Å²) in [5.41, 5.74) is 16.0. The summed E-state index contributed by atoms with van der Waals surface area (Å²) in [6.07, 6.45) is 8.41. The number of hydrogen-bond acceptors (Lipinski definition) is 3. The van der Waals surface area contributed by atoms with E-state index >= 15 is 0 Å². The van der Waals surface area contributed by atoms with Gasteiger partial charge in [-0.15, -0.1) is 0 Å². The van der Waals surface area contributed by atoms with Crippen molar-refractivity contribution in [2.75, 3.05) is 0 Å². The van der Waals surface area contributed by atoms with Crippen LogP contribution in [0.1, 0.15) is 40.1 Å². The van der Waals surface area contributed by atoms with Crippen molar-refractivity contribution in [3.63, 3.8) is 0 Å². The van der Waals surface area contributed by atoms with Gasteiger partial charge in [0.15, 0.2) is 5.78 Å². The molecule has 0 saturated heterocycles. The van der Waals surface area contributed by atoms with E-state index in [-0.39, 0.29) is 5.78 Å². The summed E-state index contributed by atoms with van der Waals surface area (Å²) in [6.45, 7) is 1.59. The molecule has 0 amide bonds. The highest BCUT2D eigenvalue weighted by atomic mass is 16.1. The molecule has 0 saturated carbocycles. The second-order valence-corrected chi connectivity index (χ2v) is 12.7. The van der Waals surface area contributed by atoms with Crippen LogP contribution in [0.25, 0.3) is 90.9 Å². The average Bonchev–Trinajstić information content (AvgIpc) is 4.01. The smallest absolute Gasteiger partial charge is 0.159 e. The Kier molecular flexibility index (Phi) is 7.44. The highest BCUT2D eigenvalue weighted by molar-refractivity contribution is 6.00. The Labute approximate surface area is 295 Å². The van der Waals surface area contributed by atoms with Crippen LogP contribution >= 0.6 is 0 Å². The van der Waals surface area contributed by atoms with Crippen LogP contribution in [0.5, 0.6) is 0 Å². The van der Waals surface area contributed by atoms with E-state index < -0.39 is 0 Å². The van der Waals surface area contributed by atoms with Crippen molar-refractivity contribution in [3.05, 3.63) is 168 Å². The maximum absolute atomic E-state index is 12.2. The number of fused-ring (bicyclic) bond motifs is 8. The first-order valence-corrected chi connectivity index (χ1v) is 17.0. The van der Waals surface area contributed by atoms with E-state index in [0.29, 0.717) is 5.56 Å². The standard InChI is InChI=1S/C46H32N4O/c1-29(51)30-17-19-34(20-18-30)46-41-27-25-39(49-41)44(32-13-7-3-8-14-32)37-23-21-35(47-37)43(31-11-5-2-6-12-31)36-22-24-38(48-36)45(33-15-9-4-10-16-33)40-26-28-42(46)50-40/h2-28,47,50H,1H3. The molecule has 0 aliphatic carbocycles. The zero-order valence-electron chi connectivity index (χ0n) is 27.9.